The van der Waals surface area contributed by atoms with Gasteiger partial charge in [-0.3, -0.25) is 9.59 Å². The third kappa shape index (κ3) is 4.25. The van der Waals surface area contributed by atoms with Gasteiger partial charge in [0.2, 0.25) is 5.60 Å². The zero-order valence-electron chi connectivity index (χ0n) is 13.1. The van der Waals surface area contributed by atoms with Crippen LogP contribution in [-0.4, -0.2) is 48.3 Å². The summed E-state index contributed by atoms with van der Waals surface area (Å²) >= 11 is 0. The summed E-state index contributed by atoms with van der Waals surface area (Å²) in [5.74, 6) is -2.64. The maximum atomic E-state index is 13.2. The molecule has 1 heterocycles. The molecule has 0 aliphatic carbocycles. The summed E-state index contributed by atoms with van der Waals surface area (Å²) in [5, 5.41) is 9.95. The van der Waals surface area contributed by atoms with Crippen molar-refractivity contribution in [2.45, 2.75) is 38.1 Å². The van der Waals surface area contributed by atoms with Gasteiger partial charge in [-0.1, -0.05) is 0 Å². The van der Waals surface area contributed by atoms with E-state index in [1.54, 1.807) is 0 Å². The van der Waals surface area contributed by atoms with Crippen LogP contribution in [0.4, 0.5) is 13.2 Å². The zero-order valence-corrected chi connectivity index (χ0v) is 13.1. The number of rotatable bonds is 5. The highest BCUT2D eigenvalue weighted by Gasteiger charge is 2.58. The van der Waals surface area contributed by atoms with Crippen molar-refractivity contribution < 1.29 is 37.0 Å². The Morgan fingerprint density at radius 1 is 1.35 bits per heavy atom. The van der Waals surface area contributed by atoms with E-state index >= 15 is 0 Å². The van der Waals surface area contributed by atoms with Gasteiger partial charge in [-0.25, -0.2) is 0 Å². The average Bonchev–Trinajstić information content (AvgIpc) is 2.83. The largest absolute Gasteiger partial charge is 0.463 e. The van der Waals surface area contributed by atoms with Crippen LogP contribution >= 0.6 is 0 Å². The molecule has 0 aromatic carbocycles. The van der Waals surface area contributed by atoms with E-state index in [1.165, 1.54) is 34.0 Å². The van der Waals surface area contributed by atoms with Gasteiger partial charge < -0.3 is 19.2 Å². The highest BCUT2D eigenvalue weighted by atomic mass is 19.4. The predicted molar refractivity (Wildman–Crippen MR) is 72.3 cm³/mol. The molecule has 0 spiro atoms. The third-order valence-electron chi connectivity index (χ3n) is 3.11. The number of carbonyl (C=O) groups is 2. The molecule has 0 aliphatic heterocycles. The lowest BCUT2D eigenvalue weighted by atomic mass is 9.96. The van der Waals surface area contributed by atoms with Crippen molar-refractivity contribution in [1.29, 1.82) is 0 Å². The van der Waals surface area contributed by atoms with Crippen molar-refractivity contribution in [2.24, 2.45) is 0 Å². The molecule has 0 aliphatic rings. The summed E-state index contributed by atoms with van der Waals surface area (Å²) in [5.41, 5.74) is -3.53. The van der Waals surface area contributed by atoms with Gasteiger partial charge in [0.15, 0.2) is 6.10 Å². The van der Waals surface area contributed by atoms with Crippen LogP contribution in [0.25, 0.3) is 0 Å². The number of esters is 1. The van der Waals surface area contributed by atoms with E-state index in [2.05, 4.69) is 4.74 Å². The molecular weight excluding hydrogens is 319 g/mol. The monoisotopic (exact) mass is 337 g/mol. The van der Waals surface area contributed by atoms with Gasteiger partial charge >= 0.3 is 12.1 Å². The molecule has 0 saturated carbocycles. The van der Waals surface area contributed by atoms with Crippen LogP contribution in [0, 0.1) is 6.92 Å². The Balaban J connectivity index is 2.95. The molecule has 9 heteroatoms. The Labute approximate surface area is 130 Å². The average molecular weight is 337 g/mol. The second-order valence-corrected chi connectivity index (χ2v) is 5.31. The van der Waals surface area contributed by atoms with Gasteiger partial charge in [-0.15, -0.1) is 0 Å². The highest BCUT2D eigenvalue weighted by molar-refractivity contribution is 5.83. The quantitative estimate of drug-likeness (QED) is 0.828. The lowest BCUT2D eigenvalue weighted by Crippen LogP contribution is -2.45. The zero-order chi connectivity index (χ0) is 18.0. The summed E-state index contributed by atoms with van der Waals surface area (Å²) in [7, 11) is 2.81. The number of likely N-dealkylation sites (N-methyl/N-ethyl adjacent to an activating group) is 1. The molecule has 6 nitrogen and oxygen atoms in total. The number of carbonyl (C=O) groups excluding carboxylic acids is 2. The van der Waals surface area contributed by atoms with E-state index in [4.69, 9.17) is 4.42 Å². The number of aryl methyl sites for hydroxylation is 1. The standard InChI is InChI=1S/C14H18F3NO5/c1-8-5-6-10(22-8)13(21,14(15,16)17)7-11(19)23-9(2)12(20)18(3)4/h5-6,9,21H,7H2,1-4H3/t9-,13+/m1/s1. The number of ether oxygens (including phenoxy) is 1. The highest BCUT2D eigenvalue weighted by Crippen LogP contribution is 2.42. The summed E-state index contributed by atoms with van der Waals surface area (Å²) < 4.78 is 49.0. The van der Waals surface area contributed by atoms with Crippen LogP contribution < -0.4 is 0 Å². The number of hydrogen-bond donors (Lipinski definition) is 1. The molecule has 1 aromatic heterocycles. The first-order chi connectivity index (χ1) is 10.4. The van der Waals surface area contributed by atoms with Crippen LogP contribution in [0.5, 0.6) is 0 Å². The molecule has 0 fully saturated rings. The first-order valence-corrected chi connectivity index (χ1v) is 6.65. The Morgan fingerprint density at radius 2 is 1.91 bits per heavy atom. The Kier molecular flexibility index (Phi) is 5.47. The fourth-order valence-corrected chi connectivity index (χ4v) is 1.85. The smallest absolute Gasteiger partial charge is 0.425 e. The molecule has 0 bridgehead atoms. The lowest BCUT2D eigenvalue weighted by molar-refractivity contribution is -0.275. The first-order valence-electron chi connectivity index (χ1n) is 6.65. The van der Waals surface area contributed by atoms with Gasteiger partial charge in [0, 0.05) is 14.1 Å². The van der Waals surface area contributed by atoms with Gasteiger partial charge in [0.05, 0.1) is 6.42 Å². The minimum absolute atomic E-state index is 0.146. The van der Waals surface area contributed by atoms with E-state index in [0.717, 1.165) is 11.0 Å². The van der Waals surface area contributed by atoms with Gasteiger partial charge in [0.25, 0.3) is 5.91 Å². The van der Waals surface area contributed by atoms with Gasteiger partial charge in [0.1, 0.15) is 11.5 Å². The van der Waals surface area contributed by atoms with Crippen molar-refractivity contribution >= 4 is 11.9 Å². The molecule has 2 atom stereocenters. The van der Waals surface area contributed by atoms with Crippen LogP contribution in [-0.2, 0) is 19.9 Å². The van der Waals surface area contributed by atoms with Gasteiger partial charge in [-0.2, -0.15) is 13.2 Å². The number of amides is 1. The molecule has 130 valence electrons. The van der Waals surface area contributed by atoms with E-state index < -0.39 is 41.9 Å². The molecule has 0 radical (unpaired) electrons. The summed E-state index contributed by atoms with van der Waals surface area (Å²) in [6, 6.07) is 2.17. The SMILES string of the molecule is Cc1ccc([C@@](O)(CC(=O)O[C@H](C)C(=O)N(C)C)C(F)(F)F)o1. The normalized spacial score (nSPS) is 15.7. The van der Waals surface area contributed by atoms with E-state index in [0.29, 0.717) is 0 Å². The van der Waals surface area contributed by atoms with Crippen molar-refractivity contribution in [1.82, 2.24) is 4.90 Å². The van der Waals surface area contributed by atoms with Crippen molar-refractivity contribution in [3.05, 3.63) is 23.7 Å². The minimum atomic E-state index is -5.16. The molecule has 1 rings (SSSR count). The van der Waals surface area contributed by atoms with Crippen LogP contribution in [0.15, 0.2) is 16.5 Å². The fraction of sp³-hybridized carbons (Fsp3) is 0.571. The van der Waals surface area contributed by atoms with Crippen molar-refractivity contribution in [3.63, 3.8) is 0 Å². The molecule has 0 unspecified atom stereocenters. The fourth-order valence-electron chi connectivity index (χ4n) is 1.85. The van der Waals surface area contributed by atoms with Crippen molar-refractivity contribution in [2.75, 3.05) is 14.1 Å². The minimum Gasteiger partial charge on any atom is -0.463 e. The second kappa shape index (κ2) is 6.61. The number of halogens is 3. The van der Waals surface area contributed by atoms with E-state index in [9.17, 15) is 27.9 Å². The summed E-state index contributed by atoms with van der Waals surface area (Å²) in [6.07, 6.45) is -7.85. The molecular formula is C14H18F3NO5. The topological polar surface area (TPSA) is 80.0 Å². The first kappa shape index (κ1) is 19.0. The van der Waals surface area contributed by atoms with Gasteiger partial charge in [-0.05, 0) is 26.0 Å². The van der Waals surface area contributed by atoms with Crippen LogP contribution in [0.2, 0.25) is 0 Å². The van der Waals surface area contributed by atoms with Crippen molar-refractivity contribution in [3.8, 4) is 0 Å². The Morgan fingerprint density at radius 3 is 2.30 bits per heavy atom. The lowest BCUT2D eigenvalue weighted by Gasteiger charge is -2.28. The number of aliphatic hydroxyl groups is 1. The Hall–Kier alpha value is -2.03. The number of furan rings is 1. The van der Waals surface area contributed by atoms with Crippen LogP contribution in [0.3, 0.4) is 0 Å². The molecule has 0 saturated heterocycles. The molecule has 23 heavy (non-hydrogen) atoms. The predicted octanol–water partition coefficient (Wildman–Crippen LogP) is 1.75. The summed E-state index contributed by atoms with van der Waals surface area (Å²) in [4.78, 5) is 24.4. The number of alkyl halides is 3. The molecule has 1 aromatic rings. The number of hydrogen-bond acceptors (Lipinski definition) is 5. The van der Waals surface area contributed by atoms with Crippen LogP contribution in [0.1, 0.15) is 24.9 Å². The Bertz CT molecular complexity index is 581. The third-order valence-corrected chi connectivity index (χ3v) is 3.11. The summed E-state index contributed by atoms with van der Waals surface area (Å²) in [6.45, 7) is 2.63. The maximum absolute atomic E-state index is 13.2. The van der Waals surface area contributed by atoms with E-state index in [1.807, 2.05) is 0 Å². The van der Waals surface area contributed by atoms with E-state index in [-0.39, 0.29) is 5.76 Å². The number of nitrogens with zero attached hydrogens (tertiary/aromatic N) is 1. The molecule has 1 N–H and O–H groups in total. The maximum Gasteiger partial charge on any atom is 0.425 e. The molecule has 1 amide bonds. The second-order valence-electron chi connectivity index (χ2n) is 5.31.